The van der Waals surface area contributed by atoms with Crippen molar-refractivity contribution in [2.24, 2.45) is 5.92 Å². The normalized spacial score (nSPS) is 14.1. The Morgan fingerprint density at radius 3 is 2.05 bits per heavy atom. The summed E-state index contributed by atoms with van der Waals surface area (Å²) in [6, 6.07) is 17.2. The van der Waals surface area contributed by atoms with Crippen molar-refractivity contribution in [2.45, 2.75) is 32.0 Å². The number of benzene rings is 2. The van der Waals surface area contributed by atoms with E-state index in [2.05, 4.69) is 85.2 Å². The molecule has 2 aromatic carbocycles. The quantitative estimate of drug-likeness (QED) is 0.642. The first kappa shape index (κ1) is 14.3. The molecule has 2 rings (SSSR count). The molecule has 0 saturated heterocycles. The number of halogens is 1. The fourth-order valence-corrected chi connectivity index (χ4v) is 3.05. The lowest BCUT2D eigenvalue weighted by Crippen LogP contribution is -2.09. The molecule has 0 spiro atoms. The van der Waals surface area contributed by atoms with Crippen LogP contribution in [0, 0.1) is 19.8 Å². The zero-order valence-electron chi connectivity index (χ0n) is 11.9. The van der Waals surface area contributed by atoms with Gasteiger partial charge in [0.2, 0.25) is 0 Å². The summed E-state index contributed by atoms with van der Waals surface area (Å²) < 4.78 is 0. The topological polar surface area (TPSA) is 0 Å². The van der Waals surface area contributed by atoms with Gasteiger partial charge in [0.15, 0.2) is 0 Å². The van der Waals surface area contributed by atoms with E-state index in [1.165, 1.54) is 22.3 Å². The van der Waals surface area contributed by atoms with Gasteiger partial charge in [0.25, 0.3) is 0 Å². The minimum atomic E-state index is 0.410. The number of hydrogen-bond donors (Lipinski definition) is 0. The molecule has 100 valence electrons. The van der Waals surface area contributed by atoms with Crippen LogP contribution >= 0.6 is 15.9 Å². The Hall–Kier alpha value is -1.08. The molecule has 0 aromatic heterocycles. The molecule has 0 aliphatic heterocycles. The number of alkyl halides is 1. The van der Waals surface area contributed by atoms with E-state index in [-0.39, 0.29) is 0 Å². The first-order valence-corrected chi connectivity index (χ1v) is 7.75. The van der Waals surface area contributed by atoms with Crippen molar-refractivity contribution in [2.75, 3.05) is 0 Å². The third-order valence-corrected chi connectivity index (χ3v) is 5.22. The van der Waals surface area contributed by atoms with Crippen LogP contribution in [0.4, 0.5) is 0 Å². The number of hydrogen-bond acceptors (Lipinski definition) is 0. The molecular weight excluding hydrogens is 296 g/mol. The molecule has 0 nitrogen and oxygen atoms in total. The van der Waals surface area contributed by atoms with Gasteiger partial charge in [-0.2, -0.15) is 0 Å². The Balaban J connectivity index is 2.15. The van der Waals surface area contributed by atoms with Crippen LogP contribution in [0.3, 0.4) is 0 Å². The minimum Gasteiger partial charge on any atom is -0.0836 e. The van der Waals surface area contributed by atoms with Crippen LogP contribution in [-0.4, -0.2) is 0 Å². The fourth-order valence-electron chi connectivity index (χ4n) is 2.56. The highest BCUT2D eigenvalue weighted by molar-refractivity contribution is 9.09. The van der Waals surface area contributed by atoms with Gasteiger partial charge in [-0.15, -0.1) is 0 Å². The van der Waals surface area contributed by atoms with E-state index in [0.29, 0.717) is 10.7 Å². The first-order chi connectivity index (χ1) is 9.09. The summed E-state index contributed by atoms with van der Waals surface area (Å²) in [6.07, 6.45) is 1.11. The van der Waals surface area contributed by atoms with Crippen molar-refractivity contribution >= 4 is 15.9 Å². The molecule has 2 unspecified atom stereocenters. The van der Waals surface area contributed by atoms with Crippen molar-refractivity contribution in [1.29, 1.82) is 0 Å². The molecule has 0 amide bonds. The fraction of sp³-hybridized carbons (Fsp3) is 0.333. The van der Waals surface area contributed by atoms with Crippen molar-refractivity contribution in [1.82, 2.24) is 0 Å². The van der Waals surface area contributed by atoms with Crippen LogP contribution in [0.1, 0.15) is 34.0 Å². The van der Waals surface area contributed by atoms with Crippen LogP contribution in [0.25, 0.3) is 0 Å². The maximum atomic E-state index is 3.86. The minimum absolute atomic E-state index is 0.410. The SMILES string of the molecule is Cc1cccc(C)c1CC(C)C(Br)c1ccccc1. The molecule has 0 fully saturated rings. The Labute approximate surface area is 125 Å². The van der Waals surface area contributed by atoms with Crippen LogP contribution in [0.5, 0.6) is 0 Å². The lowest BCUT2D eigenvalue weighted by molar-refractivity contribution is 0.569. The van der Waals surface area contributed by atoms with Crippen LogP contribution in [0.15, 0.2) is 48.5 Å². The standard InChI is InChI=1S/C18H21Br/c1-13-8-7-9-14(2)17(13)12-15(3)18(19)16-10-5-4-6-11-16/h4-11,15,18H,12H2,1-3H3. The monoisotopic (exact) mass is 316 g/mol. The summed E-state index contributed by atoms with van der Waals surface area (Å²) in [6.45, 7) is 6.74. The van der Waals surface area contributed by atoms with Gasteiger partial charge in [-0.3, -0.25) is 0 Å². The van der Waals surface area contributed by atoms with E-state index in [1.54, 1.807) is 0 Å². The van der Waals surface area contributed by atoms with Crippen molar-refractivity contribution in [3.63, 3.8) is 0 Å². The third kappa shape index (κ3) is 3.48. The third-order valence-electron chi connectivity index (χ3n) is 3.79. The maximum absolute atomic E-state index is 3.86. The summed E-state index contributed by atoms with van der Waals surface area (Å²) >= 11 is 3.86. The Bertz CT molecular complexity index is 510. The highest BCUT2D eigenvalue weighted by Crippen LogP contribution is 2.33. The lowest BCUT2D eigenvalue weighted by Gasteiger charge is -2.21. The predicted octanol–water partition coefficient (Wildman–Crippen LogP) is 5.62. The van der Waals surface area contributed by atoms with Crippen molar-refractivity contribution in [3.05, 3.63) is 70.8 Å². The summed E-state index contributed by atoms with van der Waals surface area (Å²) in [5, 5.41) is 0. The zero-order chi connectivity index (χ0) is 13.8. The molecule has 2 atom stereocenters. The average molecular weight is 317 g/mol. The Kier molecular flexibility index (Phi) is 4.81. The van der Waals surface area contributed by atoms with Gasteiger partial charge in [-0.1, -0.05) is 71.4 Å². The van der Waals surface area contributed by atoms with Crippen molar-refractivity contribution < 1.29 is 0 Å². The van der Waals surface area contributed by atoms with Crippen LogP contribution < -0.4 is 0 Å². The summed E-state index contributed by atoms with van der Waals surface area (Å²) in [7, 11) is 0. The second-order valence-corrected chi connectivity index (χ2v) is 6.35. The van der Waals surface area contributed by atoms with Gasteiger partial charge >= 0.3 is 0 Å². The number of aryl methyl sites for hydroxylation is 2. The maximum Gasteiger partial charge on any atom is 0.0424 e. The lowest BCUT2D eigenvalue weighted by atomic mass is 9.90. The molecule has 2 aromatic rings. The van der Waals surface area contributed by atoms with E-state index < -0.39 is 0 Å². The molecule has 0 saturated carbocycles. The van der Waals surface area contributed by atoms with E-state index in [4.69, 9.17) is 0 Å². The zero-order valence-corrected chi connectivity index (χ0v) is 13.4. The van der Waals surface area contributed by atoms with Crippen LogP contribution in [0.2, 0.25) is 0 Å². The summed E-state index contributed by atoms with van der Waals surface area (Å²) in [4.78, 5) is 0.410. The van der Waals surface area contributed by atoms with Crippen molar-refractivity contribution in [3.8, 4) is 0 Å². The Morgan fingerprint density at radius 2 is 1.47 bits per heavy atom. The van der Waals surface area contributed by atoms with Gasteiger partial charge in [-0.05, 0) is 48.4 Å². The smallest absolute Gasteiger partial charge is 0.0424 e. The molecule has 0 heterocycles. The molecule has 19 heavy (non-hydrogen) atoms. The molecule has 0 bridgehead atoms. The van der Waals surface area contributed by atoms with Gasteiger partial charge in [0.1, 0.15) is 0 Å². The summed E-state index contributed by atoms with van der Waals surface area (Å²) in [5.41, 5.74) is 5.66. The first-order valence-electron chi connectivity index (χ1n) is 6.83. The van der Waals surface area contributed by atoms with Gasteiger partial charge in [0.05, 0.1) is 0 Å². The highest BCUT2D eigenvalue weighted by Gasteiger charge is 2.17. The largest absolute Gasteiger partial charge is 0.0836 e. The van der Waals surface area contributed by atoms with Gasteiger partial charge < -0.3 is 0 Å². The second-order valence-electron chi connectivity index (χ2n) is 5.36. The number of rotatable bonds is 4. The molecule has 1 heteroatoms. The molecule has 0 radical (unpaired) electrons. The predicted molar refractivity (Wildman–Crippen MR) is 86.9 cm³/mol. The summed E-state index contributed by atoms with van der Waals surface area (Å²) in [5.74, 6) is 0.571. The van der Waals surface area contributed by atoms with E-state index >= 15 is 0 Å². The molecular formula is C18H21Br. The second kappa shape index (κ2) is 6.38. The van der Waals surface area contributed by atoms with E-state index in [1.807, 2.05) is 0 Å². The Morgan fingerprint density at radius 1 is 0.895 bits per heavy atom. The highest BCUT2D eigenvalue weighted by atomic mass is 79.9. The van der Waals surface area contributed by atoms with Gasteiger partial charge in [-0.25, -0.2) is 0 Å². The molecule has 0 N–H and O–H groups in total. The molecule has 0 aliphatic rings. The van der Waals surface area contributed by atoms with E-state index in [0.717, 1.165) is 6.42 Å². The average Bonchev–Trinajstić information content (AvgIpc) is 2.43. The molecule has 0 aliphatic carbocycles. The van der Waals surface area contributed by atoms with Crippen LogP contribution in [-0.2, 0) is 6.42 Å². The van der Waals surface area contributed by atoms with E-state index in [9.17, 15) is 0 Å². The van der Waals surface area contributed by atoms with Gasteiger partial charge in [0, 0.05) is 4.83 Å².